The van der Waals surface area contributed by atoms with Gasteiger partial charge in [0.05, 0.1) is 12.0 Å². The lowest BCUT2D eigenvalue weighted by molar-refractivity contribution is -0.112. The van der Waals surface area contributed by atoms with Gasteiger partial charge in [-0.1, -0.05) is 24.3 Å². The lowest BCUT2D eigenvalue weighted by Gasteiger charge is -2.15. The van der Waals surface area contributed by atoms with Gasteiger partial charge in [0.15, 0.2) is 5.78 Å². The average molecular weight is 371 g/mol. The Bertz CT molecular complexity index is 946. The lowest BCUT2D eigenvalue weighted by atomic mass is 10.0. The predicted octanol–water partition coefficient (Wildman–Crippen LogP) is 3.26. The van der Waals surface area contributed by atoms with Crippen molar-refractivity contribution >= 4 is 21.9 Å². The van der Waals surface area contributed by atoms with Gasteiger partial charge in [-0.05, 0) is 66.8 Å². The number of carbonyl (C=O) groups excluding carboxylic acids is 1. The molecule has 6 heteroatoms. The summed E-state index contributed by atoms with van der Waals surface area (Å²) in [4.78, 5) is 11.3. The summed E-state index contributed by atoms with van der Waals surface area (Å²) < 4.78 is 33.1. The Kier molecular flexibility index (Phi) is 5.25. The van der Waals surface area contributed by atoms with Crippen molar-refractivity contribution in [2.24, 2.45) is 0 Å². The molecule has 0 amide bonds. The summed E-state index contributed by atoms with van der Waals surface area (Å²) >= 11 is 0. The molecular weight excluding hydrogens is 350 g/mol. The molecule has 0 saturated carbocycles. The summed E-state index contributed by atoms with van der Waals surface area (Å²) in [5.41, 5.74) is 3.04. The highest BCUT2D eigenvalue weighted by Gasteiger charge is 2.27. The number of carbonyl (C=O) groups is 1. The van der Waals surface area contributed by atoms with Crippen LogP contribution in [0.15, 0.2) is 53.4 Å². The van der Waals surface area contributed by atoms with Gasteiger partial charge >= 0.3 is 0 Å². The van der Waals surface area contributed by atoms with Crippen LogP contribution in [0.3, 0.4) is 0 Å². The van der Waals surface area contributed by atoms with Crippen LogP contribution in [0, 0.1) is 0 Å². The van der Waals surface area contributed by atoms with Crippen LogP contribution in [-0.2, 0) is 21.2 Å². The van der Waals surface area contributed by atoms with E-state index in [0.717, 1.165) is 23.1 Å². The number of hydrogen-bond donors (Lipinski definition) is 1. The highest BCUT2D eigenvalue weighted by Crippen LogP contribution is 2.33. The molecule has 3 rings (SSSR count). The molecule has 0 bridgehead atoms. The molecule has 0 fully saturated rings. The second-order valence-corrected chi connectivity index (χ2v) is 8.00. The van der Waals surface area contributed by atoms with Gasteiger partial charge in [-0.25, -0.2) is 13.1 Å². The summed E-state index contributed by atoms with van der Waals surface area (Å²) in [5, 5.41) is 0. The molecule has 26 heavy (non-hydrogen) atoms. The zero-order valence-electron chi connectivity index (χ0n) is 14.7. The maximum absolute atomic E-state index is 12.6. The smallest absolute Gasteiger partial charge is 0.241 e. The quantitative estimate of drug-likeness (QED) is 0.791. The van der Waals surface area contributed by atoms with Crippen LogP contribution in [-0.4, -0.2) is 21.3 Å². The Morgan fingerprint density at radius 2 is 1.92 bits per heavy atom. The van der Waals surface area contributed by atoms with Gasteiger partial charge in [0.25, 0.3) is 0 Å². The Balaban J connectivity index is 1.79. The van der Waals surface area contributed by atoms with Crippen molar-refractivity contribution in [1.29, 1.82) is 0 Å². The number of benzene rings is 2. The fourth-order valence-corrected chi connectivity index (χ4v) is 4.34. The van der Waals surface area contributed by atoms with E-state index >= 15 is 0 Å². The zero-order chi connectivity index (χ0) is 18.7. The van der Waals surface area contributed by atoms with Crippen molar-refractivity contribution in [3.63, 3.8) is 0 Å². The first kappa shape index (κ1) is 18.4. The van der Waals surface area contributed by atoms with E-state index in [1.165, 1.54) is 32.2 Å². The third-order valence-corrected chi connectivity index (χ3v) is 5.91. The molecule has 1 unspecified atom stereocenters. The molecule has 0 spiro atoms. The van der Waals surface area contributed by atoms with Gasteiger partial charge in [0.1, 0.15) is 5.75 Å². The van der Waals surface area contributed by atoms with E-state index in [2.05, 4.69) is 4.72 Å². The van der Waals surface area contributed by atoms with Crippen LogP contribution < -0.4 is 9.46 Å². The second-order valence-electron chi connectivity index (χ2n) is 6.29. The summed E-state index contributed by atoms with van der Waals surface area (Å²) in [6.07, 6.45) is 4.81. The lowest BCUT2D eigenvalue weighted by Crippen LogP contribution is -2.27. The molecule has 1 aliphatic carbocycles. The Morgan fingerprint density at radius 1 is 1.19 bits per heavy atom. The summed E-state index contributed by atoms with van der Waals surface area (Å²) in [6.45, 7) is 1.51. The van der Waals surface area contributed by atoms with E-state index in [4.69, 9.17) is 4.74 Å². The molecule has 0 radical (unpaired) electrons. The number of ether oxygens (including phenoxy) is 1. The Hall–Kier alpha value is -2.44. The van der Waals surface area contributed by atoms with Crippen molar-refractivity contribution in [3.05, 3.63) is 65.2 Å². The first-order chi connectivity index (χ1) is 12.4. The number of methoxy groups -OCH3 is 1. The molecule has 1 aliphatic rings. The number of hydrogen-bond acceptors (Lipinski definition) is 4. The van der Waals surface area contributed by atoms with Crippen molar-refractivity contribution in [2.45, 2.75) is 30.7 Å². The number of nitrogens with one attached hydrogen (secondary N) is 1. The largest absolute Gasteiger partial charge is 0.497 e. The number of fused-ring (bicyclic) bond motifs is 1. The van der Waals surface area contributed by atoms with Gasteiger partial charge in [-0.3, -0.25) is 4.79 Å². The maximum Gasteiger partial charge on any atom is 0.241 e. The van der Waals surface area contributed by atoms with Crippen molar-refractivity contribution in [2.75, 3.05) is 7.11 Å². The maximum atomic E-state index is 12.6. The minimum absolute atomic E-state index is 0.00405. The molecule has 1 N–H and O–H groups in total. The summed E-state index contributed by atoms with van der Waals surface area (Å²) in [7, 11) is -2.07. The molecule has 5 nitrogen and oxygen atoms in total. The van der Waals surface area contributed by atoms with Gasteiger partial charge in [0.2, 0.25) is 10.0 Å². The van der Waals surface area contributed by atoms with Crippen LogP contribution in [0.4, 0.5) is 0 Å². The van der Waals surface area contributed by atoms with Crippen LogP contribution in [0.2, 0.25) is 0 Å². The standard InChI is InChI=1S/C20H21NO4S/c1-14(22)3-4-15-5-11-19-16(13-15)6-12-20(19)21-26(23,24)18-9-7-17(25-2)8-10-18/h3-5,7-11,13,20-21H,6,12H2,1-2H3/b4-3+. The van der Waals surface area contributed by atoms with Gasteiger partial charge < -0.3 is 4.74 Å². The molecular formula is C20H21NO4S. The second kappa shape index (κ2) is 7.43. The van der Waals surface area contributed by atoms with Crippen molar-refractivity contribution in [3.8, 4) is 5.75 Å². The molecule has 1 atom stereocenters. The molecule has 0 aromatic heterocycles. The Labute approximate surface area is 153 Å². The highest BCUT2D eigenvalue weighted by molar-refractivity contribution is 7.89. The molecule has 136 valence electrons. The van der Waals surface area contributed by atoms with Gasteiger partial charge in [-0.15, -0.1) is 0 Å². The first-order valence-corrected chi connectivity index (χ1v) is 9.85. The molecule has 2 aromatic rings. The zero-order valence-corrected chi connectivity index (χ0v) is 15.5. The third kappa shape index (κ3) is 4.03. The highest BCUT2D eigenvalue weighted by atomic mass is 32.2. The number of aryl methyl sites for hydroxylation is 1. The van der Waals surface area contributed by atoms with E-state index in [9.17, 15) is 13.2 Å². The van der Waals surface area contributed by atoms with Crippen molar-refractivity contribution in [1.82, 2.24) is 4.72 Å². The van der Waals surface area contributed by atoms with Crippen molar-refractivity contribution < 1.29 is 17.9 Å². The third-order valence-electron chi connectivity index (χ3n) is 4.42. The number of sulfonamides is 1. The Morgan fingerprint density at radius 3 is 2.58 bits per heavy atom. The van der Waals surface area contributed by atoms with E-state index in [1.807, 2.05) is 18.2 Å². The number of rotatable bonds is 6. The van der Waals surface area contributed by atoms with E-state index in [1.54, 1.807) is 18.2 Å². The van der Waals surface area contributed by atoms with Crippen LogP contribution in [0.5, 0.6) is 5.75 Å². The van der Waals surface area contributed by atoms with E-state index in [-0.39, 0.29) is 16.7 Å². The summed E-state index contributed by atoms with van der Waals surface area (Å²) in [5.74, 6) is 0.608. The average Bonchev–Trinajstić information content (AvgIpc) is 3.01. The first-order valence-electron chi connectivity index (χ1n) is 8.37. The normalized spacial score (nSPS) is 16.6. The minimum atomic E-state index is -3.61. The topological polar surface area (TPSA) is 72.5 Å². The molecule has 0 saturated heterocycles. The molecule has 0 aliphatic heterocycles. The van der Waals surface area contributed by atoms with Gasteiger partial charge in [-0.2, -0.15) is 0 Å². The molecule has 2 aromatic carbocycles. The van der Waals surface area contributed by atoms with E-state index in [0.29, 0.717) is 12.2 Å². The van der Waals surface area contributed by atoms with Crippen LogP contribution in [0.1, 0.15) is 36.1 Å². The number of allylic oxidation sites excluding steroid dienone is 1. The summed E-state index contributed by atoms with van der Waals surface area (Å²) in [6, 6.07) is 11.9. The van der Waals surface area contributed by atoms with E-state index < -0.39 is 10.0 Å². The number of ketones is 1. The predicted molar refractivity (Wildman–Crippen MR) is 101 cm³/mol. The SMILES string of the molecule is COc1ccc(S(=O)(=O)NC2CCc3cc(/C=C/C(C)=O)ccc32)cc1. The molecule has 0 heterocycles. The van der Waals surface area contributed by atoms with Crippen LogP contribution >= 0.6 is 0 Å². The fraction of sp³-hybridized carbons (Fsp3) is 0.250. The minimum Gasteiger partial charge on any atom is -0.497 e. The fourth-order valence-electron chi connectivity index (χ4n) is 3.09. The van der Waals surface area contributed by atoms with Crippen LogP contribution in [0.25, 0.3) is 6.08 Å². The monoisotopic (exact) mass is 371 g/mol. The van der Waals surface area contributed by atoms with Gasteiger partial charge in [0, 0.05) is 6.04 Å².